The first-order chi connectivity index (χ1) is 15.6. The van der Waals surface area contributed by atoms with Crippen LogP contribution in [0.5, 0.6) is 0 Å². The molecular formula is C28H22O3S. The van der Waals surface area contributed by atoms with Gasteiger partial charge in [0, 0.05) is 11.5 Å². The summed E-state index contributed by atoms with van der Waals surface area (Å²) in [7, 11) is -3.82. The van der Waals surface area contributed by atoms with Crippen LogP contribution in [0.1, 0.15) is 38.2 Å². The molecule has 0 spiro atoms. The molecular weight excluding hydrogens is 416 g/mol. The maximum atomic E-state index is 14.0. The summed E-state index contributed by atoms with van der Waals surface area (Å²) in [6, 6.07) is 34.8. The average molecular weight is 439 g/mol. The first kappa shape index (κ1) is 20.4. The van der Waals surface area contributed by atoms with Crippen molar-refractivity contribution in [2.24, 2.45) is 5.92 Å². The standard InChI is InChI=1S/C28H22O3S/c29-27(21-14-6-2-7-15-21)26-25(20-12-4-1-5-13-20)23-18-10-11-19-24(23)28(26)32(30,31)22-16-8-3-9-17-22/h1-19,25-26,28H/t25-,26-,28+/m1/s1. The normalized spacial score (nSPS) is 19.9. The lowest BCUT2D eigenvalue weighted by Crippen LogP contribution is -2.28. The second-order valence-electron chi connectivity index (χ2n) is 8.05. The molecule has 0 saturated carbocycles. The average Bonchev–Trinajstić information content (AvgIpc) is 3.21. The van der Waals surface area contributed by atoms with Gasteiger partial charge in [-0.2, -0.15) is 0 Å². The molecule has 0 aliphatic heterocycles. The summed E-state index contributed by atoms with van der Waals surface area (Å²) in [5, 5.41) is -0.959. The zero-order valence-corrected chi connectivity index (χ0v) is 18.2. The molecule has 3 atom stereocenters. The lowest BCUT2D eigenvalue weighted by Gasteiger charge is -2.25. The Morgan fingerprint density at radius 2 is 1.09 bits per heavy atom. The summed E-state index contributed by atoms with van der Waals surface area (Å²) in [6.07, 6.45) is 0. The number of fused-ring (bicyclic) bond motifs is 1. The van der Waals surface area contributed by atoms with E-state index in [1.54, 1.807) is 42.5 Å². The zero-order chi connectivity index (χ0) is 22.1. The van der Waals surface area contributed by atoms with Gasteiger partial charge in [-0.05, 0) is 28.8 Å². The molecule has 32 heavy (non-hydrogen) atoms. The maximum absolute atomic E-state index is 14.0. The Bertz CT molecular complexity index is 1350. The van der Waals surface area contributed by atoms with Crippen LogP contribution in [0.3, 0.4) is 0 Å². The summed E-state index contributed by atoms with van der Waals surface area (Å²) in [5.41, 5.74) is 3.08. The van der Waals surface area contributed by atoms with E-state index in [1.165, 1.54) is 0 Å². The predicted molar refractivity (Wildman–Crippen MR) is 125 cm³/mol. The van der Waals surface area contributed by atoms with E-state index in [0.29, 0.717) is 11.1 Å². The Morgan fingerprint density at radius 3 is 1.72 bits per heavy atom. The number of hydrogen-bond acceptors (Lipinski definition) is 3. The van der Waals surface area contributed by atoms with Gasteiger partial charge in [0.05, 0.1) is 10.8 Å². The summed E-state index contributed by atoms with van der Waals surface area (Å²) in [4.78, 5) is 14.2. The van der Waals surface area contributed by atoms with Crippen LogP contribution in [-0.4, -0.2) is 14.2 Å². The number of benzene rings is 4. The van der Waals surface area contributed by atoms with E-state index in [0.717, 1.165) is 11.1 Å². The number of ketones is 1. The van der Waals surface area contributed by atoms with Crippen molar-refractivity contribution in [3.63, 3.8) is 0 Å². The number of Topliss-reactive ketones (excluding diaryl/α,β-unsaturated/α-hetero) is 1. The molecule has 0 fully saturated rings. The van der Waals surface area contributed by atoms with Gasteiger partial charge in [-0.1, -0.05) is 103 Å². The van der Waals surface area contributed by atoms with Gasteiger partial charge >= 0.3 is 0 Å². The fourth-order valence-electron chi connectivity index (χ4n) is 4.86. The van der Waals surface area contributed by atoms with Crippen LogP contribution in [0, 0.1) is 5.92 Å². The first-order valence-corrected chi connectivity index (χ1v) is 12.2. The van der Waals surface area contributed by atoms with Crippen molar-refractivity contribution < 1.29 is 13.2 Å². The third kappa shape index (κ3) is 3.37. The monoisotopic (exact) mass is 438 g/mol. The van der Waals surface area contributed by atoms with Crippen molar-refractivity contribution >= 4 is 15.6 Å². The van der Waals surface area contributed by atoms with Gasteiger partial charge < -0.3 is 0 Å². The molecule has 1 aliphatic rings. The van der Waals surface area contributed by atoms with Crippen molar-refractivity contribution in [3.8, 4) is 0 Å². The molecule has 0 amide bonds. The molecule has 0 saturated heterocycles. The molecule has 4 aromatic rings. The SMILES string of the molecule is O=C(c1ccccc1)[C@H]1[C@H](c2ccccc2)c2ccccc2[C@@H]1S(=O)(=O)c1ccccc1. The molecule has 5 rings (SSSR count). The van der Waals surface area contributed by atoms with Crippen molar-refractivity contribution in [2.75, 3.05) is 0 Å². The van der Waals surface area contributed by atoms with E-state index >= 15 is 0 Å². The smallest absolute Gasteiger partial charge is 0.186 e. The summed E-state index contributed by atoms with van der Waals surface area (Å²) >= 11 is 0. The molecule has 158 valence electrons. The van der Waals surface area contributed by atoms with Crippen LogP contribution < -0.4 is 0 Å². The van der Waals surface area contributed by atoms with Crippen LogP contribution in [-0.2, 0) is 9.84 Å². The molecule has 0 bridgehead atoms. The topological polar surface area (TPSA) is 51.2 Å². The summed E-state index contributed by atoms with van der Waals surface area (Å²) in [6.45, 7) is 0. The molecule has 0 unspecified atom stereocenters. The van der Waals surface area contributed by atoms with Gasteiger partial charge in [0.15, 0.2) is 15.6 Å². The van der Waals surface area contributed by atoms with Crippen molar-refractivity contribution in [3.05, 3.63) is 138 Å². The zero-order valence-electron chi connectivity index (χ0n) is 17.3. The third-order valence-electron chi connectivity index (χ3n) is 6.25. The number of hydrogen-bond donors (Lipinski definition) is 0. The fraction of sp³-hybridized carbons (Fsp3) is 0.107. The van der Waals surface area contributed by atoms with Crippen LogP contribution in [0.4, 0.5) is 0 Å². The number of carbonyl (C=O) groups is 1. The van der Waals surface area contributed by atoms with Gasteiger partial charge in [-0.3, -0.25) is 4.79 Å². The minimum absolute atomic E-state index is 0.153. The highest BCUT2D eigenvalue weighted by atomic mass is 32.2. The predicted octanol–water partition coefficient (Wildman–Crippen LogP) is 5.85. The Morgan fingerprint density at radius 1 is 0.594 bits per heavy atom. The van der Waals surface area contributed by atoms with Gasteiger partial charge in [0.2, 0.25) is 0 Å². The molecule has 1 aliphatic carbocycles. The molecule has 3 nitrogen and oxygen atoms in total. The number of sulfone groups is 1. The van der Waals surface area contributed by atoms with Crippen LogP contribution in [0.25, 0.3) is 0 Å². The third-order valence-corrected chi connectivity index (χ3v) is 8.39. The largest absolute Gasteiger partial charge is 0.294 e. The minimum atomic E-state index is -3.82. The first-order valence-electron chi connectivity index (χ1n) is 10.6. The van der Waals surface area contributed by atoms with Gasteiger partial charge in [-0.25, -0.2) is 8.42 Å². The highest BCUT2D eigenvalue weighted by Crippen LogP contribution is 2.54. The lowest BCUT2D eigenvalue weighted by atomic mass is 9.81. The summed E-state index contributed by atoms with van der Waals surface area (Å²) < 4.78 is 27.9. The molecule has 0 radical (unpaired) electrons. The molecule has 4 heteroatoms. The Hall–Kier alpha value is -3.50. The Balaban J connectivity index is 1.76. The Kier molecular flexibility index (Phi) is 5.24. The van der Waals surface area contributed by atoms with Gasteiger partial charge in [-0.15, -0.1) is 0 Å². The van der Waals surface area contributed by atoms with Crippen LogP contribution in [0.2, 0.25) is 0 Å². The van der Waals surface area contributed by atoms with E-state index in [2.05, 4.69) is 0 Å². The van der Waals surface area contributed by atoms with E-state index in [-0.39, 0.29) is 16.6 Å². The molecule has 0 heterocycles. The van der Waals surface area contributed by atoms with Gasteiger partial charge in [0.25, 0.3) is 0 Å². The van der Waals surface area contributed by atoms with E-state index in [4.69, 9.17) is 0 Å². The molecule has 0 N–H and O–H groups in total. The Labute approximate surface area is 188 Å². The van der Waals surface area contributed by atoms with E-state index < -0.39 is 21.0 Å². The maximum Gasteiger partial charge on any atom is 0.186 e. The number of carbonyl (C=O) groups excluding carboxylic acids is 1. The highest BCUT2D eigenvalue weighted by molar-refractivity contribution is 7.91. The van der Waals surface area contributed by atoms with Crippen molar-refractivity contribution in [1.82, 2.24) is 0 Å². The number of rotatable bonds is 5. The quantitative estimate of drug-likeness (QED) is 0.368. The fourth-order valence-corrected chi connectivity index (χ4v) is 6.91. The van der Waals surface area contributed by atoms with E-state index in [1.807, 2.05) is 72.8 Å². The van der Waals surface area contributed by atoms with Crippen LogP contribution >= 0.6 is 0 Å². The van der Waals surface area contributed by atoms with Gasteiger partial charge in [0.1, 0.15) is 5.25 Å². The summed E-state index contributed by atoms with van der Waals surface area (Å²) in [5.74, 6) is -1.26. The molecule has 4 aromatic carbocycles. The molecule has 0 aromatic heterocycles. The minimum Gasteiger partial charge on any atom is -0.294 e. The van der Waals surface area contributed by atoms with Crippen molar-refractivity contribution in [1.29, 1.82) is 0 Å². The second kappa shape index (κ2) is 8.21. The highest BCUT2D eigenvalue weighted by Gasteiger charge is 2.51. The second-order valence-corrected chi connectivity index (χ2v) is 10.1. The van der Waals surface area contributed by atoms with Crippen molar-refractivity contribution in [2.45, 2.75) is 16.1 Å². The van der Waals surface area contributed by atoms with Crippen LogP contribution in [0.15, 0.2) is 120 Å². The van der Waals surface area contributed by atoms with E-state index in [9.17, 15) is 13.2 Å². The lowest BCUT2D eigenvalue weighted by molar-refractivity contribution is 0.0911.